The summed E-state index contributed by atoms with van der Waals surface area (Å²) in [5.74, 6) is 1.24. The van der Waals surface area contributed by atoms with Crippen molar-refractivity contribution < 1.29 is 19.0 Å². The van der Waals surface area contributed by atoms with E-state index in [2.05, 4.69) is 13.5 Å². The Hall–Kier alpha value is -2.49. The highest BCUT2D eigenvalue weighted by molar-refractivity contribution is 5.93. The number of hydrogen-bond acceptors (Lipinski definition) is 4. The van der Waals surface area contributed by atoms with Crippen LogP contribution in [0.4, 0.5) is 0 Å². The highest BCUT2D eigenvalue weighted by Crippen LogP contribution is 2.33. The Morgan fingerprint density at radius 3 is 2.19 bits per heavy atom. The third kappa shape index (κ3) is 5.25. The predicted molar refractivity (Wildman–Crippen MR) is 105 cm³/mol. The molecule has 0 saturated heterocycles. The molecule has 0 aromatic heterocycles. The van der Waals surface area contributed by atoms with Crippen LogP contribution in [0.3, 0.4) is 0 Å². The van der Waals surface area contributed by atoms with Crippen LogP contribution in [0.2, 0.25) is 0 Å². The Morgan fingerprint density at radius 1 is 1.04 bits per heavy atom. The van der Waals surface area contributed by atoms with Crippen molar-refractivity contribution in [3.05, 3.63) is 48.6 Å². The number of ether oxygens (including phenoxy) is 3. The van der Waals surface area contributed by atoms with E-state index in [-0.39, 0.29) is 12.1 Å². The Morgan fingerprint density at radius 2 is 1.65 bits per heavy atom. The maximum Gasteiger partial charge on any atom is 0.333 e. The Bertz CT molecular complexity index is 751. The molecule has 26 heavy (non-hydrogen) atoms. The smallest absolute Gasteiger partial charge is 0.333 e. The summed E-state index contributed by atoms with van der Waals surface area (Å²) in [5.41, 5.74) is 0.391. The van der Waals surface area contributed by atoms with Crippen LogP contribution >= 0.6 is 0 Å². The van der Waals surface area contributed by atoms with Crippen LogP contribution in [0.5, 0.6) is 11.5 Å². The lowest BCUT2D eigenvalue weighted by Crippen LogP contribution is -2.24. The van der Waals surface area contributed by atoms with Gasteiger partial charge in [-0.3, -0.25) is 0 Å². The molecule has 2 aromatic rings. The first-order valence-corrected chi connectivity index (χ1v) is 9.20. The molecule has 0 amide bonds. The molecule has 0 bridgehead atoms. The Kier molecular flexibility index (Phi) is 7.52. The van der Waals surface area contributed by atoms with Gasteiger partial charge in [0.05, 0.1) is 6.61 Å². The standard InChI is InChI=1S/C22H28O4/c1-5-7-14-24-20-12-13-21(19-11-9-8-10-18(19)20)25-15-17(6-2)26-22(23)16(3)4/h8-13,17H,3,5-7,14-15H2,1-2,4H3. The second-order valence-electron chi connectivity index (χ2n) is 6.34. The molecule has 0 radical (unpaired) electrons. The molecule has 0 aliphatic carbocycles. The summed E-state index contributed by atoms with van der Waals surface area (Å²) in [6, 6.07) is 11.9. The van der Waals surface area contributed by atoms with Crippen LogP contribution in [0, 0.1) is 0 Å². The third-order valence-electron chi connectivity index (χ3n) is 4.10. The monoisotopic (exact) mass is 356 g/mol. The van der Waals surface area contributed by atoms with Crippen LogP contribution in [-0.2, 0) is 9.53 Å². The molecular weight excluding hydrogens is 328 g/mol. The van der Waals surface area contributed by atoms with E-state index in [1.807, 2.05) is 43.3 Å². The Balaban J connectivity index is 2.13. The lowest BCUT2D eigenvalue weighted by atomic mass is 10.1. The van der Waals surface area contributed by atoms with E-state index < -0.39 is 0 Å². The molecule has 0 aliphatic rings. The quantitative estimate of drug-likeness (QED) is 0.329. The summed E-state index contributed by atoms with van der Waals surface area (Å²) in [7, 11) is 0. The molecule has 0 N–H and O–H groups in total. The molecule has 0 aliphatic heterocycles. The molecule has 1 atom stereocenters. The van der Waals surface area contributed by atoms with Crippen molar-refractivity contribution in [2.45, 2.75) is 46.1 Å². The molecule has 1 unspecified atom stereocenters. The van der Waals surface area contributed by atoms with Gasteiger partial charge < -0.3 is 14.2 Å². The maximum atomic E-state index is 11.7. The summed E-state index contributed by atoms with van der Waals surface area (Å²) in [6.07, 6.45) is 2.49. The first kappa shape index (κ1) is 19.8. The normalized spacial score (nSPS) is 11.8. The molecule has 0 saturated carbocycles. The average molecular weight is 356 g/mol. The van der Waals surface area contributed by atoms with E-state index in [4.69, 9.17) is 14.2 Å². The van der Waals surface area contributed by atoms with Crippen LogP contribution in [0.1, 0.15) is 40.0 Å². The van der Waals surface area contributed by atoms with Crippen LogP contribution < -0.4 is 9.47 Å². The number of hydrogen-bond donors (Lipinski definition) is 0. The second-order valence-corrected chi connectivity index (χ2v) is 6.34. The summed E-state index contributed by atoms with van der Waals surface area (Å²) in [5, 5.41) is 2.01. The van der Waals surface area contributed by atoms with E-state index in [0.29, 0.717) is 25.2 Å². The van der Waals surface area contributed by atoms with Gasteiger partial charge in [0.2, 0.25) is 0 Å². The number of unbranched alkanes of at least 4 members (excludes halogenated alkanes) is 1. The van der Waals surface area contributed by atoms with Gasteiger partial charge >= 0.3 is 5.97 Å². The lowest BCUT2D eigenvalue weighted by Gasteiger charge is -2.18. The van der Waals surface area contributed by atoms with Crippen LogP contribution in [0.15, 0.2) is 48.6 Å². The fourth-order valence-corrected chi connectivity index (χ4v) is 2.49. The molecule has 2 aromatic carbocycles. The van der Waals surface area contributed by atoms with Crippen molar-refractivity contribution >= 4 is 16.7 Å². The van der Waals surface area contributed by atoms with Crippen molar-refractivity contribution in [1.29, 1.82) is 0 Å². The van der Waals surface area contributed by atoms with Gasteiger partial charge in [-0.15, -0.1) is 0 Å². The van der Waals surface area contributed by atoms with Crippen LogP contribution in [0.25, 0.3) is 10.8 Å². The fraction of sp³-hybridized carbons (Fsp3) is 0.409. The molecule has 4 nitrogen and oxygen atoms in total. The minimum atomic E-state index is -0.384. The molecule has 0 spiro atoms. The van der Waals surface area contributed by atoms with Gasteiger partial charge in [0.1, 0.15) is 24.2 Å². The van der Waals surface area contributed by atoms with Crippen LogP contribution in [-0.4, -0.2) is 25.3 Å². The SMILES string of the molecule is C=C(C)C(=O)OC(CC)COc1ccc(OCCCC)c2ccccc12. The topological polar surface area (TPSA) is 44.8 Å². The molecule has 0 heterocycles. The number of benzene rings is 2. The van der Waals surface area contributed by atoms with Crippen molar-refractivity contribution in [2.24, 2.45) is 0 Å². The van der Waals surface area contributed by atoms with E-state index in [1.165, 1.54) is 0 Å². The highest BCUT2D eigenvalue weighted by Gasteiger charge is 2.15. The van der Waals surface area contributed by atoms with Crippen molar-refractivity contribution in [1.82, 2.24) is 0 Å². The summed E-state index contributed by atoms with van der Waals surface area (Å²) >= 11 is 0. The predicted octanol–water partition coefficient (Wildman–Crippen LogP) is 5.30. The minimum Gasteiger partial charge on any atom is -0.493 e. The van der Waals surface area contributed by atoms with Crippen molar-refractivity contribution in [3.8, 4) is 11.5 Å². The summed E-state index contributed by atoms with van der Waals surface area (Å²) in [6.45, 7) is 10.4. The molecular formula is C22H28O4. The second kappa shape index (κ2) is 9.85. The molecule has 2 rings (SSSR count). The first-order valence-electron chi connectivity index (χ1n) is 9.20. The lowest BCUT2D eigenvalue weighted by molar-refractivity contribution is -0.145. The van der Waals surface area contributed by atoms with Gasteiger partial charge in [-0.2, -0.15) is 0 Å². The summed E-state index contributed by atoms with van der Waals surface area (Å²) in [4.78, 5) is 11.7. The van der Waals surface area contributed by atoms with E-state index in [9.17, 15) is 4.79 Å². The van der Waals surface area contributed by atoms with E-state index in [0.717, 1.165) is 35.1 Å². The fourth-order valence-electron chi connectivity index (χ4n) is 2.49. The first-order chi connectivity index (χ1) is 12.6. The van der Waals surface area contributed by atoms with Gasteiger partial charge in [-0.1, -0.05) is 51.1 Å². The number of esters is 1. The molecule has 4 heteroatoms. The average Bonchev–Trinajstić information content (AvgIpc) is 2.65. The van der Waals surface area contributed by atoms with Gasteiger partial charge in [0.25, 0.3) is 0 Å². The molecule has 0 fully saturated rings. The summed E-state index contributed by atoms with van der Waals surface area (Å²) < 4.78 is 17.3. The zero-order valence-electron chi connectivity index (χ0n) is 15.9. The van der Waals surface area contributed by atoms with Crippen molar-refractivity contribution in [3.63, 3.8) is 0 Å². The van der Waals surface area contributed by atoms with Gasteiger partial charge in [-0.25, -0.2) is 4.79 Å². The van der Waals surface area contributed by atoms with E-state index >= 15 is 0 Å². The number of fused-ring (bicyclic) bond motifs is 1. The third-order valence-corrected chi connectivity index (χ3v) is 4.10. The number of carbonyl (C=O) groups is 1. The van der Waals surface area contributed by atoms with Crippen molar-refractivity contribution in [2.75, 3.05) is 13.2 Å². The highest BCUT2D eigenvalue weighted by atomic mass is 16.6. The Labute approximate surface area is 155 Å². The maximum absolute atomic E-state index is 11.7. The number of carbonyl (C=O) groups excluding carboxylic acids is 1. The van der Waals surface area contributed by atoms with Gasteiger partial charge in [0, 0.05) is 16.3 Å². The minimum absolute atomic E-state index is 0.301. The van der Waals surface area contributed by atoms with Gasteiger partial charge in [-0.05, 0) is 31.9 Å². The number of rotatable bonds is 10. The zero-order valence-corrected chi connectivity index (χ0v) is 15.9. The van der Waals surface area contributed by atoms with Gasteiger partial charge in [0.15, 0.2) is 0 Å². The van der Waals surface area contributed by atoms with E-state index in [1.54, 1.807) is 6.92 Å². The zero-order chi connectivity index (χ0) is 18.9. The molecule has 140 valence electrons. The largest absolute Gasteiger partial charge is 0.493 e.